The van der Waals surface area contributed by atoms with Gasteiger partial charge in [-0.05, 0) is 71.8 Å². The second-order valence-electron chi connectivity index (χ2n) is 5.30. The summed E-state index contributed by atoms with van der Waals surface area (Å²) in [7, 11) is 0. The Balaban J connectivity index is 2.08. The van der Waals surface area contributed by atoms with Crippen LogP contribution < -0.4 is 10.6 Å². The van der Waals surface area contributed by atoms with E-state index in [-0.39, 0.29) is 11.8 Å². The van der Waals surface area contributed by atoms with Crippen molar-refractivity contribution in [2.24, 2.45) is 0 Å². The van der Waals surface area contributed by atoms with Gasteiger partial charge >= 0.3 is 0 Å². The van der Waals surface area contributed by atoms with E-state index in [0.717, 1.165) is 15.6 Å². The molecule has 0 aromatic heterocycles. The highest BCUT2D eigenvalue weighted by Crippen LogP contribution is 2.18. The molecule has 0 atom stereocenters. The molecule has 0 heterocycles. The normalized spacial score (nSPS) is 10.2. The standard InChI is InChI=1S/C18H19IN2O2/c1-3-5-17(22)20-14-6-4-7-15(11-14)21-18(23)13-9-8-12(2)16(19)10-13/h4,6-11H,3,5H2,1-2H3,(H,20,22)(H,21,23). The first-order valence-corrected chi connectivity index (χ1v) is 8.55. The number of rotatable bonds is 5. The zero-order valence-electron chi connectivity index (χ0n) is 13.2. The minimum atomic E-state index is -0.167. The van der Waals surface area contributed by atoms with Crippen LogP contribution in [0.2, 0.25) is 0 Å². The minimum absolute atomic E-state index is 0.0240. The van der Waals surface area contributed by atoms with Crippen molar-refractivity contribution in [1.82, 2.24) is 0 Å². The third-order valence-electron chi connectivity index (χ3n) is 3.32. The Labute approximate surface area is 149 Å². The molecule has 2 amide bonds. The highest BCUT2D eigenvalue weighted by Gasteiger charge is 2.08. The number of anilines is 2. The number of hydrogen-bond acceptors (Lipinski definition) is 2. The van der Waals surface area contributed by atoms with Crippen molar-refractivity contribution in [3.8, 4) is 0 Å². The van der Waals surface area contributed by atoms with Gasteiger partial charge in [0.15, 0.2) is 0 Å². The van der Waals surface area contributed by atoms with Crippen LogP contribution in [0, 0.1) is 10.5 Å². The van der Waals surface area contributed by atoms with Crippen LogP contribution >= 0.6 is 22.6 Å². The second-order valence-corrected chi connectivity index (χ2v) is 6.46. The van der Waals surface area contributed by atoms with Crippen molar-refractivity contribution in [3.63, 3.8) is 0 Å². The molecule has 0 radical (unpaired) electrons. The SMILES string of the molecule is CCCC(=O)Nc1cccc(NC(=O)c2ccc(C)c(I)c2)c1. The number of benzene rings is 2. The van der Waals surface area contributed by atoms with Gasteiger partial charge in [-0.3, -0.25) is 9.59 Å². The van der Waals surface area contributed by atoms with E-state index in [0.29, 0.717) is 23.4 Å². The van der Waals surface area contributed by atoms with Gasteiger partial charge in [0.05, 0.1) is 0 Å². The lowest BCUT2D eigenvalue weighted by Crippen LogP contribution is -2.13. The predicted molar refractivity (Wildman–Crippen MR) is 102 cm³/mol. The minimum Gasteiger partial charge on any atom is -0.326 e. The number of nitrogens with one attached hydrogen (secondary N) is 2. The summed E-state index contributed by atoms with van der Waals surface area (Å²) in [6.07, 6.45) is 1.28. The molecule has 2 aromatic carbocycles. The number of hydrogen-bond donors (Lipinski definition) is 2. The zero-order chi connectivity index (χ0) is 16.8. The lowest BCUT2D eigenvalue weighted by Gasteiger charge is -2.09. The molecule has 0 spiro atoms. The first-order valence-electron chi connectivity index (χ1n) is 7.47. The van der Waals surface area contributed by atoms with E-state index in [9.17, 15) is 9.59 Å². The molecule has 5 heteroatoms. The van der Waals surface area contributed by atoms with Crippen molar-refractivity contribution < 1.29 is 9.59 Å². The third kappa shape index (κ3) is 5.06. The quantitative estimate of drug-likeness (QED) is 0.693. The summed E-state index contributed by atoms with van der Waals surface area (Å²) in [5.74, 6) is -0.191. The predicted octanol–water partition coefficient (Wildman–Crippen LogP) is 4.59. The number of carbonyl (C=O) groups excluding carboxylic acids is 2. The average Bonchev–Trinajstić information content (AvgIpc) is 2.50. The Kier molecular flexibility index (Phi) is 6.15. The molecular weight excluding hydrogens is 403 g/mol. The first kappa shape index (κ1) is 17.5. The molecule has 2 rings (SSSR count). The van der Waals surface area contributed by atoms with E-state index in [2.05, 4.69) is 33.2 Å². The smallest absolute Gasteiger partial charge is 0.255 e. The first-order chi connectivity index (χ1) is 11.0. The summed E-state index contributed by atoms with van der Waals surface area (Å²) in [5, 5.41) is 5.68. The van der Waals surface area contributed by atoms with Crippen LogP contribution in [0.5, 0.6) is 0 Å². The number of halogens is 1. The molecule has 0 saturated heterocycles. The molecular formula is C18H19IN2O2. The zero-order valence-corrected chi connectivity index (χ0v) is 15.3. The molecule has 0 aliphatic carbocycles. The maximum Gasteiger partial charge on any atom is 0.255 e. The molecule has 0 saturated carbocycles. The molecule has 2 aromatic rings. The molecule has 2 N–H and O–H groups in total. The Morgan fingerprint density at radius 1 is 1.04 bits per heavy atom. The van der Waals surface area contributed by atoms with Gasteiger partial charge in [0.2, 0.25) is 5.91 Å². The van der Waals surface area contributed by atoms with E-state index in [1.54, 1.807) is 30.3 Å². The summed E-state index contributed by atoms with van der Waals surface area (Å²) in [6.45, 7) is 3.96. The maximum absolute atomic E-state index is 12.3. The number of carbonyl (C=O) groups is 2. The molecule has 0 fully saturated rings. The van der Waals surface area contributed by atoms with Gasteiger partial charge in [-0.25, -0.2) is 0 Å². The lowest BCUT2D eigenvalue weighted by atomic mass is 10.1. The lowest BCUT2D eigenvalue weighted by molar-refractivity contribution is -0.116. The van der Waals surface area contributed by atoms with Crippen molar-refractivity contribution in [3.05, 3.63) is 57.2 Å². The molecule has 23 heavy (non-hydrogen) atoms. The van der Waals surface area contributed by atoms with Crippen LogP contribution in [0.25, 0.3) is 0 Å². The summed E-state index contributed by atoms with van der Waals surface area (Å²) in [6, 6.07) is 12.8. The van der Waals surface area contributed by atoms with E-state index >= 15 is 0 Å². The second kappa shape index (κ2) is 8.10. The number of aryl methyl sites for hydroxylation is 1. The Bertz CT molecular complexity index is 729. The van der Waals surface area contributed by atoms with Crippen LogP contribution in [0.1, 0.15) is 35.7 Å². The molecule has 0 aliphatic heterocycles. The fourth-order valence-electron chi connectivity index (χ4n) is 2.06. The monoisotopic (exact) mass is 422 g/mol. The van der Waals surface area contributed by atoms with Crippen molar-refractivity contribution >= 4 is 45.8 Å². The van der Waals surface area contributed by atoms with Gasteiger partial charge in [-0.1, -0.05) is 19.1 Å². The van der Waals surface area contributed by atoms with Gasteiger partial charge in [0.1, 0.15) is 0 Å². The van der Waals surface area contributed by atoms with Gasteiger partial charge in [-0.15, -0.1) is 0 Å². The topological polar surface area (TPSA) is 58.2 Å². The fraction of sp³-hybridized carbons (Fsp3) is 0.222. The van der Waals surface area contributed by atoms with Crippen molar-refractivity contribution in [2.75, 3.05) is 10.6 Å². The largest absolute Gasteiger partial charge is 0.326 e. The third-order valence-corrected chi connectivity index (χ3v) is 4.48. The summed E-state index contributed by atoms with van der Waals surface area (Å²) in [5.41, 5.74) is 3.09. The molecule has 120 valence electrons. The van der Waals surface area contributed by atoms with Crippen molar-refractivity contribution in [1.29, 1.82) is 0 Å². The number of amides is 2. The van der Waals surface area contributed by atoms with Crippen molar-refractivity contribution in [2.45, 2.75) is 26.7 Å². The van der Waals surface area contributed by atoms with Crippen LogP contribution in [0.3, 0.4) is 0 Å². The fourth-order valence-corrected chi connectivity index (χ4v) is 2.58. The molecule has 0 bridgehead atoms. The van der Waals surface area contributed by atoms with Gasteiger partial charge in [-0.2, -0.15) is 0 Å². The Hall–Kier alpha value is -1.89. The molecule has 0 unspecified atom stereocenters. The van der Waals surface area contributed by atoms with E-state index in [1.807, 2.05) is 26.0 Å². The summed E-state index contributed by atoms with van der Waals surface area (Å²) in [4.78, 5) is 23.9. The van der Waals surface area contributed by atoms with Crippen LogP contribution in [-0.4, -0.2) is 11.8 Å². The van der Waals surface area contributed by atoms with Gasteiger partial charge in [0, 0.05) is 26.9 Å². The average molecular weight is 422 g/mol. The van der Waals surface area contributed by atoms with E-state index in [1.165, 1.54) is 0 Å². The van der Waals surface area contributed by atoms with E-state index < -0.39 is 0 Å². The van der Waals surface area contributed by atoms with Gasteiger partial charge in [0.25, 0.3) is 5.91 Å². The van der Waals surface area contributed by atoms with Crippen LogP contribution in [0.4, 0.5) is 11.4 Å². The van der Waals surface area contributed by atoms with Crippen LogP contribution in [0.15, 0.2) is 42.5 Å². The molecule has 0 aliphatic rings. The Morgan fingerprint density at radius 3 is 2.39 bits per heavy atom. The maximum atomic E-state index is 12.3. The Morgan fingerprint density at radius 2 is 1.74 bits per heavy atom. The van der Waals surface area contributed by atoms with E-state index in [4.69, 9.17) is 0 Å². The summed E-state index contributed by atoms with van der Waals surface area (Å²) < 4.78 is 1.05. The summed E-state index contributed by atoms with van der Waals surface area (Å²) >= 11 is 2.21. The van der Waals surface area contributed by atoms with Crippen LogP contribution in [-0.2, 0) is 4.79 Å². The van der Waals surface area contributed by atoms with Gasteiger partial charge < -0.3 is 10.6 Å². The molecule has 4 nitrogen and oxygen atoms in total. The highest BCUT2D eigenvalue weighted by atomic mass is 127. The highest BCUT2D eigenvalue weighted by molar-refractivity contribution is 14.1.